The van der Waals surface area contributed by atoms with Gasteiger partial charge in [-0.15, -0.1) is 11.3 Å². The first kappa shape index (κ1) is 29.4. The number of carbonyl (C=O) groups excluding carboxylic acids is 1. The van der Waals surface area contributed by atoms with Gasteiger partial charge in [0.15, 0.2) is 0 Å². The molecule has 1 aliphatic rings. The van der Waals surface area contributed by atoms with Gasteiger partial charge in [0.05, 0.1) is 32.6 Å². The molecule has 3 aromatic carbocycles. The number of nitrogens with one attached hydrogen (secondary N) is 1. The van der Waals surface area contributed by atoms with E-state index in [1.54, 1.807) is 24.3 Å². The Balaban J connectivity index is 1.80. The Bertz CT molecular complexity index is 2060. The fourth-order valence-corrected chi connectivity index (χ4v) is 6.59. The molecule has 5 rings (SSSR count). The molecule has 4 aromatic rings. The van der Waals surface area contributed by atoms with Crippen molar-refractivity contribution in [2.75, 3.05) is 5.32 Å². The van der Waals surface area contributed by atoms with Gasteiger partial charge in [-0.25, -0.2) is 0 Å². The number of rotatable bonds is 5. The van der Waals surface area contributed by atoms with Crippen molar-refractivity contribution in [3.05, 3.63) is 127 Å². The van der Waals surface area contributed by atoms with E-state index >= 15 is 0 Å². The molecular weight excluding hydrogens is 644 g/mol. The number of anilines is 1. The van der Waals surface area contributed by atoms with Crippen LogP contribution < -0.4 is 25.8 Å². The van der Waals surface area contributed by atoms with E-state index in [0.717, 1.165) is 15.9 Å². The number of amides is 1. The lowest BCUT2D eigenvalue weighted by atomic mass is 9.83. The second kappa shape index (κ2) is 11.6. The van der Waals surface area contributed by atoms with E-state index in [2.05, 4.69) is 5.32 Å². The molecule has 0 spiro atoms. The second-order valence-electron chi connectivity index (χ2n) is 8.90. The number of aromatic nitrogens is 1. The molecule has 0 saturated heterocycles. The molecule has 210 valence electrons. The van der Waals surface area contributed by atoms with E-state index in [1.807, 2.05) is 6.07 Å². The molecule has 1 amide bonds. The van der Waals surface area contributed by atoms with Gasteiger partial charge in [0, 0.05) is 37.9 Å². The van der Waals surface area contributed by atoms with Gasteiger partial charge in [0.25, 0.3) is 17.2 Å². The molecular formula is C28H15Cl4N5O4S. The molecule has 3 N–H and O–H groups in total. The molecule has 1 atom stereocenters. The standard InChI is InChI=1S/C28H15Cl4N5O4S/c29-14-2-1-13(20(31)10-14)9-22-27(39)36-25(34)19(12-33)23(18-8-3-15(30)11-21(18)32)24(28(36)42-22)26(38)35-16-4-6-17(7-5-16)37(40)41/h1-11,23H,34H2,(H,35,38)/b22-9-. The van der Waals surface area contributed by atoms with Crippen LogP contribution in [0.4, 0.5) is 11.4 Å². The quantitative estimate of drug-likeness (QED) is 0.214. The van der Waals surface area contributed by atoms with Crippen LogP contribution in [-0.4, -0.2) is 15.4 Å². The summed E-state index contributed by atoms with van der Waals surface area (Å²) in [5.41, 5.74) is 6.68. The average molecular weight is 659 g/mol. The fourth-order valence-electron chi connectivity index (χ4n) is 4.44. The number of nitro benzene ring substituents is 1. The van der Waals surface area contributed by atoms with Crippen LogP contribution in [0.3, 0.4) is 0 Å². The van der Waals surface area contributed by atoms with Crippen molar-refractivity contribution in [3.63, 3.8) is 0 Å². The van der Waals surface area contributed by atoms with Crippen molar-refractivity contribution in [1.29, 1.82) is 5.26 Å². The van der Waals surface area contributed by atoms with E-state index in [4.69, 9.17) is 52.1 Å². The molecule has 9 nitrogen and oxygen atoms in total. The monoisotopic (exact) mass is 657 g/mol. The molecule has 1 aliphatic heterocycles. The minimum Gasteiger partial charge on any atom is -0.384 e. The second-order valence-corrected chi connectivity index (χ2v) is 11.6. The molecule has 1 aromatic heterocycles. The Labute approximate surface area is 261 Å². The number of fused-ring (bicyclic) bond motifs is 1. The summed E-state index contributed by atoms with van der Waals surface area (Å²) in [6.07, 6.45) is 1.53. The Hall–Kier alpha value is -4.11. The van der Waals surface area contributed by atoms with Crippen LogP contribution in [0.1, 0.15) is 17.0 Å². The number of nitriles is 1. The number of carbonyl (C=O) groups is 1. The van der Waals surface area contributed by atoms with Crippen LogP contribution in [0.15, 0.2) is 71.0 Å². The number of hydrogen-bond acceptors (Lipinski definition) is 7. The summed E-state index contributed by atoms with van der Waals surface area (Å²) in [6.45, 7) is 0. The average Bonchev–Trinajstić information content (AvgIpc) is 3.26. The fraction of sp³-hybridized carbons (Fsp3) is 0.0357. The Morgan fingerprint density at radius 2 is 1.69 bits per heavy atom. The van der Waals surface area contributed by atoms with Crippen LogP contribution in [0.5, 0.6) is 0 Å². The lowest BCUT2D eigenvalue weighted by molar-refractivity contribution is -0.384. The zero-order valence-corrected chi connectivity index (χ0v) is 24.7. The lowest BCUT2D eigenvalue weighted by Gasteiger charge is -2.26. The summed E-state index contributed by atoms with van der Waals surface area (Å²) in [5, 5.41) is 25.2. The van der Waals surface area contributed by atoms with Crippen molar-refractivity contribution in [2.24, 2.45) is 5.73 Å². The van der Waals surface area contributed by atoms with Gasteiger partial charge >= 0.3 is 0 Å². The molecule has 0 bridgehead atoms. The van der Waals surface area contributed by atoms with Crippen molar-refractivity contribution >= 4 is 92.5 Å². The Kier molecular flexibility index (Phi) is 8.14. The van der Waals surface area contributed by atoms with Crippen LogP contribution in [0.2, 0.25) is 20.1 Å². The third kappa shape index (κ3) is 5.41. The predicted octanol–water partition coefficient (Wildman–Crippen LogP) is 5.50. The van der Waals surface area contributed by atoms with E-state index in [1.165, 1.54) is 42.5 Å². The summed E-state index contributed by atoms with van der Waals surface area (Å²) < 4.78 is 1.44. The molecule has 0 aliphatic carbocycles. The molecule has 0 saturated carbocycles. The number of halogens is 4. The van der Waals surface area contributed by atoms with Gasteiger partial charge in [-0.2, -0.15) is 5.26 Å². The first-order chi connectivity index (χ1) is 20.0. The maximum atomic E-state index is 14.0. The molecule has 14 heteroatoms. The van der Waals surface area contributed by atoms with Crippen LogP contribution in [0.25, 0.3) is 17.5 Å². The smallest absolute Gasteiger partial charge is 0.274 e. The maximum absolute atomic E-state index is 14.0. The topological polar surface area (TPSA) is 144 Å². The van der Waals surface area contributed by atoms with Gasteiger partial charge in [-0.3, -0.25) is 24.3 Å². The van der Waals surface area contributed by atoms with Gasteiger partial charge < -0.3 is 11.1 Å². The first-order valence-electron chi connectivity index (χ1n) is 11.8. The summed E-state index contributed by atoms with van der Waals surface area (Å²) in [6, 6.07) is 16.6. The number of nitro groups is 1. The third-order valence-corrected chi connectivity index (χ3v) is 8.60. The van der Waals surface area contributed by atoms with Crippen LogP contribution >= 0.6 is 57.7 Å². The maximum Gasteiger partial charge on any atom is 0.274 e. The molecule has 1 unspecified atom stereocenters. The van der Waals surface area contributed by atoms with E-state index in [0.29, 0.717) is 26.2 Å². The number of benzene rings is 3. The van der Waals surface area contributed by atoms with Crippen LogP contribution in [0, 0.1) is 21.4 Å². The van der Waals surface area contributed by atoms with Gasteiger partial charge in [0.1, 0.15) is 10.5 Å². The van der Waals surface area contributed by atoms with E-state index in [-0.39, 0.29) is 42.6 Å². The zero-order valence-electron chi connectivity index (χ0n) is 20.9. The molecule has 0 fully saturated rings. The number of nitrogens with two attached hydrogens (primary N) is 1. The third-order valence-electron chi connectivity index (χ3n) is 6.37. The van der Waals surface area contributed by atoms with E-state index < -0.39 is 22.3 Å². The summed E-state index contributed by atoms with van der Waals surface area (Å²) in [5.74, 6) is -1.94. The SMILES string of the molecule is N#CC1=C(N)n2c(s/c(=C\c3ccc(Cl)cc3Cl)c2=O)=C(C(=O)Nc2ccc([N+](=O)[O-])cc2)C1c1ccc(Cl)cc1Cl. The highest BCUT2D eigenvalue weighted by molar-refractivity contribution is 7.07. The van der Waals surface area contributed by atoms with Crippen molar-refractivity contribution < 1.29 is 9.72 Å². The van der Waals surface area contributed by atoms with Crippen molar-refractivity contribution in [1.82, 2.24) is 4.57 Å². The molecule has 42 heavy (non-hydrogen) atoms. The number of allylic oxidation sites excluding steroid dienone is 1. The minimum atomic E-state index is -1.08. The number of hydrogen-bond donors (Lipinski definition) is 2. The predicted molar refractivity (Wildman–Crippen MR) is 165 cm³/mol. The number of nitrogens with zero attached hydrogens (tertiary/aromatic N) is 3. The first-order valence-corrected chi connectivity index (χ1v) is 14.2. The minimum absolute atomic E-state index is 0.00674. The highest BCUT2D eigenvalue weighted by Gasteiger charge is 2.36. The van der Waals surface area contributed by atoms with Crippen LogP contribution in [-0.2, 0) is 4.79 Å². The summed E-state index contributed by atoms with van der Waals surface area (Å²) in [4.78, 5) is 38.1. The van der Waals surface area contributed by atoms with Crippen molar-refractivity contribution in [2.45, 2.75) is 5.92 Å². The normalized spacial score (nSPS) is 14.9. The summed E-state index contributed by atoms with van der Waals surface area (Å²) >= 11 is 26.0. The molecule has 0 radical (unpaired) electrons. The lowest BCUT2D eigenvalue weighted by Crippen LogP contribution is -2.40. The largest absolute Gasteiger partial charge is 0.384 e. The zero-order chi connectivity index (χ0) is 30.3. The number of thiazole rings is 1. The van der Waals surface area contributed by atoms with Gasteiger partial charge in [0.2, 0.25) is 0 Å². The van der Waals surface area contributed by atoms with Crippen molar-refractivity contribution in [3.8, 4) is 6.07 Å². The highest BCUT2D eigenvalue weighted by atomic mass is 35.5. The Morgan fingerprint density at radius 1 is 1.05 bits per heavy atom. The summed E-state index contributed by atoms with van der Waals surface area (Å²) in [7, 11) is 0. The molecule has 2 heterocycles. The van der Waals surface area contributed by atoms with Gasteiger partial charge in [-0.05, 0) is 53.6 Å². The number of non-ortho nitro benzene ring substituents is 1. The van der Waals surface area contributed by atoms with Gasteiger partial charge in [-0.1, -0.05) is 58.5 Å². The highest BCUT2D eigenvalue weighted by Crippen LogP contribution is 2.40. The van der Waals surface area contributed by atoms with E-state index in [9.17, 15) is 25.0 Å². The Morgan fingerprint density at radius 3 is 2.29 bits per heavy atom.